The largest absolute Gasteiger partial charge is 0.396 e. The Labute approximate surface area is 96.3 Å². The van der Waals surface area contributed by atoms with Crippen LogP contribution < -0.4 is 4.90 Å². The molecule has 0 unspecified atom stereocenters. The molecule has 0 bridgehead atoms. The zero-order valence-corrected chi connectivity index (χ0v) is 9.98. The number of anilines is 1. The number of hydrogen-bond donors (Lipinski definition) is 1. The minimum atomic E-state index is 0.265. The Balaban J connectivity index is 2.16. The van der Waals surface area contributed by atoms with E-state index in [9.17, 15) is 5.11 Å². The molecule has 1 N–H and O–H groups in total. The van der Waals surface area contributed by atoms with Crippen LogP contribution in [0.2, 0.25) is 0 Å². The summed E-state index contributed by atoms with van der Waals surface area (Å²) < 4.78 is 0. The van der Waals surface area contributed by atoms with E-state index in [1.165, 1.54) is 0 Å². The van der Waals surface area contributed by atoms with E-state index in [0.29, 0.717) is 5.92 Å². The third kappa shape index (κ3) is 2.50. The highest BCUT2D eigenvalue weighted by atomic mass is 16.3. The summed E-state index contributed by atoms with van der Waals surface area (Å²) in [6, 6.07) is 1.98. The molecule has 2 rings (SSSR count). The summed E-state index contributed by atoms with van der Waals surface area (Å²) in [4.78, 5) is 11.1. The van der Waals surface area contributed by atoms with Crippen LogP contribution in [0.4, 0.5) is 5.95 Å². The Morgan fingerprint density at radius 2 is 2.06 bits per heavy atom. The van der Waals surface area contributed by atoms with Gasteiger partial charge in [-0.3, -0.25) is 0 Å². The Bertz CT molecular complexity index is 347. The summed E-state index contributed by atoms with van der Waals surface area (Å²) >= 11 is 0. The van der Waals surface area contributed by atoms with Gasteiger partial charge in [-0.15, -0.1) is 0 Å². The maximum Gasteiger partial charge on any atom is 0.225 e. The van der Waals surface area contributed by atoms with Crippen molar-refractivity contribution in [1.82, 2.24) is 9.97 Å². The molecule has 1 aliphatic rings. The first kappa shape index (κ1) is 11.3. The average Bonchev–Trinajstić information content (AvgIpc) is 2.28. The summed E-state index contributed by atoms with van der Waals surface area (Å²) in [6.07, 6.45) is 2.22. The molecule has 0 saturated carbocycles. The van der Waals surface area contributed by atoms with Crippen LogP contribution >= 0.6 is 0 Å². The van der Waals surface area contributed by atoms with Crippen molar-refractivity contribution in [3.63, 3.8) is 0 Å². The molecule has 16 heavy (non-hydrogen) atoms. The molecular formula is C12H19N3O. The van der Waals surface area contributed by atoms with Gasteiger partial charge in [0.25, 0.3) is 0 Å². The van der Waals surface area contributed by atoms with Crippen molar-refractivity contribution in [3.8, 4) is 0 Å². The first-order chi connectivity index (χ1) is 7.69. The van der Waals surface area contributed by atoms with Crippen LogP contribution in [0.1, 0.15) is 24.2 Å². The molecule has 1 aliphatic heterocycles. The summed E-state index contributed by atoms with van der Waals surface area (Å²) in [5.74, 6) is 1.19. The van der Waals surface area contributed by atoms with Crippen LogP contribution in [-0.4, -0.2) is 34.8 Å². The number of nitrogens with zero attached hydrogens (tertiary/aromatic N) is 3. The van der Waals surface area contributed by atoms with Crippen molar-refractivity contribution in [1.29, 1.82) is 0 Å². The molecule has 0 aromatic carbocycles. The highest BCUT2D eigenvalue weighted by Gasteiger charge is 2.21. The Hall–Kier alpha value is -1.16. The van der Waals surface area contributed by atoms with E-state index in [1.54, 1.807) is 0 Å². The molecule has 2 heterocycles. The molecule has 4 nitrogen and oxygen atoms in total. The topological polar surface area (TPSA) is 49.2 Å². The van der Waals surface area contributed by atoms with Crippen LogP contribution in [-0.2, 0) is 0 Å². The summed E-state index contributed by atoms with van der Waals surface area (Å²) in [6.45, 7) is 6.12. The number of aliphatic hydroxyl groups is 1. The fourth-order valence-electron chi connectivity index (χ4n) is 2.24. The van der Waals surface area contributed by atoms with Gasteiger partial charge in [0.1, 0.15) is 0 Å². The number of aromatic nitrogens is 2. The fraction of sp³-hybridized carbons (Fsp3) is 0.667. The Kier molecular flexibility index (Phi) is 3.39. The molecule has 88 valence electrons. The average molecular weight is 221 g/mol. The Morgan fingerprint density at radius 1 is 1.38 bits per heavy atom. The SMILES string of the molecule is Cc1cc(C)nc(N2CCC[C@H](CO)C2)n1. The van der Waals surface area contributed by atoms with Gasteiger partial charge in [-0.1, -0.05) is 0 Å². The van der Waals surface area contributed by atoms with Crippen LogP contribution in [0.25, 0.3) is 0 Å². The fourth-order valence-corrected chi connectivity index (χ4v) is 2.24. The highest BCUT2D eigenvalue weighted by Crippen LogP contribution is 2.20. The smallest absolute Gasteiger partial charge is 0.225 e. The molecule has 1 atom stereocenters. The van der Waals surface area contributed by atoms with Crippen LogP contribution in [0.5, 0.6) is 0 Å². The minimum absolute atomic E-state index is 0.265. The summed E-state index contributed by atoms with van der Waals surface area (Å²) in [5.41, 5.74) is 2.02. The number of aryl methyl sites for hydroxylation is 2. The maximum atomic E-state index is 9.20. The second kappa shape index (κ2) is 4.78. The van der Waals surface area contributed by atoms with Crippen LogP contribution in [0.3, 0.4) is 0 Å². The van der Waals surface area contributed by atoms with E-state index in [4.69, 9.17) is 0 Å². The van der Waals surface area contributed by atoms with E-state index in [2.05, 4.69) is 14.9 Å². The second-order valence-electron chi connectivity index (χ2n) is 4.59. The molecule has 0 spiro atoms. The van der Waals surface area contributed by atoms with Crippen molar-refractivity contribution in [3.05, 3.63) is 17.5 Å². The van der Waals surface area contributed by atoms with Crippen molar-refractivity contribution in [2.45, 2.75) is 26.7 Å². The molecular weight excluding hydrogens is 202 g/mol. The van der Waals surface area contributed by atoms with Gasteiger partial charge in [0.15, 0.2) is 0 Å². The van der Waals surface area contributed by atoms with Crippen molar-refractivity contribution in [2.24, 2.45) is 5.92 Å². The molecule has 0 aliphatic carbocycles. The van der Waals surface area contributed by atoms with Gasteiger partial charge >= 0.3 is 0 Å². The van der Waals surface area contributed by atoms with Gasteiger partial charge in [-0.2, -0.15) is 0 Å². The molecule has 0 radical (unpaired) electrons. The summed E-state index contributed by atoms with van der Waals surface area (Å²) in [5, 5.41) is 9.20. The minimum Gasteiger partial charge on any atom is -0.396 e. The maximum absolute atomic E-state index is 9.20. The van der Waals surface area contributed by atoms with Crippen molar-refractivity contribution in [2.75, 3.05) is 24.6 Å². The normalized spacial score (nSPS) is 21.2. The van der Waals surface area contributed by atoms with Gasteiger partial charge in [0, 0.05) is 31.1 Å². The number of aliphatic hydroxyl groups excluding tert-OH is 1. The lowest BCUT2D eigenvalue weighted by Crippen LogP contribution is -2.38. The predicted molar refractivity (Wildman–Crippen MR) is 63.5 cm³/mol. The molecule has 4 heteroatoms. The lowest BCUT2D eigenvalue weighted by Gasteiger charge is -2.32. The first-order valence-electron chi connectivity index (χ1n) is 5.87. The Morgan fingerprint density at radius 3 is 2.69 bits per heavy atom. The number of hydrogen-bond acceptors (Lipinski definition) is 4. The van der Waals surface area contributed by atoms with Crippen LogP contribution in [0, 0.1) is 19.8 Å². The lowest BCUT2D eigenvalue weighted by atomic mass is 9.99. The molecule has 1 aromatic heterocycles. The third-order valence-electron chi connectivity index (χ3n) is 3.03. The highest BCUT2D eigenvalue weighted by molar-refractivity contribution is 5.32. The van der Waals surface area contributed by atoms with E-state index in [-0.39, 0.29) is 6.61 Å². The van der Waals surface area contributed by atoms with Crippen molar-refractivity contribution >= 4 is 5.95 Å². The standard InChI is InChI=1S/C12H19N3O/c1-9-6-10(2)14-12(13-9)15-5-3-4-11(7-15)8-16/h6,11,16H,3-5,7-8H2,1-2H3/t11-/m0/s1. The van der Waals surface area contributed by atoms with E-state index < -0.39 is 0 Å². The van der Waals surface area contributed by atoms with Gasteiger partial charge in [0.2, 0.25) is 5.95 Å². The van der Waals surface area contributed by atoms with Crippen molar-refractivity contribution < 1.29 is 5.11 Å². The van der Waals surface area contributed by atoms with Crippen LogP contribution in [0.15, 0.2) is 6.07 Å². The molecule has 1 fully saturated rings. The summed E-state index contributed by atoms with van der Waals surface area (Å²) in [7, 11) is 0. The second-order valence-corrected chi connectivity index (χ2v) is 4.59. The van der Waals surface area contributed by atoms with E-state index >= 15 is 0 Å². The zero-order chi connectivity index (χ0) is 11.5. The quantitative estimate of drug-likeness (QED) is 0.818. The third-order valence-corrected chi connectivity index (χ3v) is 3.03. The predicted octanol–water partition coefficient (Wildman–Crippen LogP) is 1.30. The van der Waals surface area contributed by atoms with Gasteiger partial charge in [-0.25, -0.2) is 9.97 Å². The van der Waals surface area contributed by atoms with E-state index in [0.717, 1.165) is 43.3 Å². The number of rotatable bonds is 2. The van der Waals surface area contributed by atoms with Gasteiger partial charge < -0.3 is 10.0 Å². The monoisotopic (exact) mass is 221 g/mol. The van der Waals surface area contributed by atoms with E-state index in [1.807, 2.05) is 19.9 Å². The molecule has 0 amide bonds. The van der Waals surface area contributed by atoms with Gasteiger partial charge in [0.05, 0.1) is 0 Å². The first-order valence-corrected chi connectivity index (χ1v) is 5.87. The van der Waals surface area contributed by atoms with Gasteiger partial charge in [-0.05, 0) is 38.7 Å². The lowest BCUT2D eigenvalue weighted by molar-refractivity contribution is 0.208. The number of piperidine rings is 1. The molecule has 1 aromatic rings. The zero-order valence-electron chi connectivity index (χ0n) is 9.98. The molecule has 1 saturated heterocycles.